The number of likely N-dealkylation sites (tertiary alicyclic amines) is 1. The van der Waals surface area contributed by atoms with Gasteiger partial charge in [-0.2, -0.15) is 0 Å². The van der Waals surface area contributed by atoms with E-state index >= 15 is 0 Å². The Labute approximate surface area is 117 Å². The van der Waals surface area contributed by atoms with Gasteiger partial charge in [-0.05, 0) is 51.7 Å². The van der Waals surface area contributed by atoms with Crippen molar-refractivity contribution >= 4 is 10.0 Å². The summed E-state index contributed by atoms with van der Waals surface area (Å²) in [6.07, 6.45) is 4.33. The molecule has 1 heterocycles. The van der Waals surface area contributed by atoms with E-state index in [1.165, 1.54) is 12.8 Å². The van der Waals surface area contributed by atoms with Gasteiger partial charge in [0.2, 0.25) is 10.0 Å². The molecule has 5 nitrogen and oxygen atoms in total. The Bertz CT molecular complexity index is 381. The van der Waals surface area contributed by atoms with Crippen molar-refractivity contribution in [2.24, 2.45) is 5.92 Å². The molecule has 1 aliphatic heterocycles. The Kier molecular flexibility index (Phi) is 5.22. The van der Waals surface area contributed by atoms with E-state index in [-0.39, 0.29) is 5.75 Å². The molecule has 112 valence electrons. The topological polar surface area (TPSA) is 52.7 Å². The lowest BCUT2D eigenvalue weighted by Crippen LogP contribution is -2.35. The van der Waals surface area contributed by atoms with Gasteiger partial charge in [-0.15, -0.1) is 0 Å². The van der Waals surface area contributed by atoms with Crippen LogP contribution in [0.5, 0.6) is 0 Å². The van der Waals surface area contributed by atoms with Gasteiger partial charge in [0, 0.05) is 26.2 Å². The third-order valence-electron chi connectivity index (χ3n) is 4.07. The normalized spacial score (nSPS) is 25.3. The van der Waals surface area contributed by atoms with E-state index in [1.807, 2.05) is 0 Å². The maximum Gasteiger partial charge on any atom is 0.213 e. The molecule has 6 heteroatoms. The smallest absolute Gasteiger partial charge is 0.213 e. The molecule has 2 rings (SSSR count). The second-order valence-corrected chi connectivity index (χ2v) is 8.29. The van der Waals surface area contributed by atoms with Crippen LogP contribution in [0.25, 0.3) is 0 Å². The van der Waals surface area contributed by atoms with Crippen LogP contribution in [0.4, 0.5) is 0 Å². The van der Waals surface area contributed by atoms with E-state index in [1.54, 1.807) is 11.4 Å². The first-order chi connectivity index (χ1) is 8.97. The van der Waals surface area contributed by atoms with Crippen LogP contribution in [0.2, 0.25) is 0 Å². The molecule has 0 aromatic heterocycles. The molecule has 1 saturated carbocycles. The molecular weight excluding hydrogens is 262 g/mol. The molecule has 19 heavy (non-hydrogen) atoms. The van der Waals surface area contributed by atoms with Gasteiger partial charge in [0.25, 0.3) is 0 Å². The van der Waals surface area contributed by atoms with Crippen molar-refractivity contribution in [3.05, 3.63) is 0 Å². The average Bonchev–Trinajstić information content (AvgIpc) is 3.08. The van der Waals surface area contributed by atoms with Gasteiger partial charge in [-0.3, -0.25) is 0 Å². The van der Waals surface area contributed by atoms with Gasteiger partial charge < -0.3 is 10.2 Å². The minimum atomic E-state index is -3.07. The van der Waals surface area contributed by atoms with E-state index in [0.29, 0.717) is 24.9 Å². The summed E-state index contributed by atoms with van der Waals surface area (Å²) in [6.45, 7) is 3.60. The van der Waals surface area contributed by atoms with E-state index in [0.717, 1.165) is 26.1 Å². The van der Waals surface area contributed by atoms with Crippen molar-refractivity contribution in [1.29, 1.82) is 0 Å². The lowest BCUT2D eigenvalue weighted by atomic mass is 10.1. The Morgan fingerprint density at radius 3 is 2.63 bits per heavy atom. The van der Waals surface area contributed by atoms with Crippen LogP contribution in [-0.4, -0.2) is 69.7 Å². The molecule has 0 bridgehead atoms. The van der Waals surface area contributed by atoms with Crippen LogP contribution < -0.4 is 5.32 Å². The summed E-state index contributed by atoms with van der Waals surface area (Å²) in [7, 11) is 0.752. The Balaban J connectivity index is 1.67. The Hall–Kier alpha value is -0.170. The average molecular weight is 289 g/mol. The van der Waals surface area contributed by atoms with Crippen LogP contribution in [0, 0.1) is 5.92 Å². The van der Waals surface area contributed by atoms with Crippen molar-refractivity contribution < 1.29 is 8.42 Å². The highest BCUT2D eigenvalue weighted by Gasteiger charge is 2.26. The largest absolute Gasteiger partial charge is 0.314 e. The van der Waals surface area contributed by atoms with Crippen molar-refractivity contribution in [2.45, 2.75) is 31.7 Å². The minimum absolute atomic E-state index is 0.270. The highest BCUT2D eigenvalue weighted by Crippen LogP contribution is 2.19. The lowest BCUT2D eigenvalue weighted by molar-refractivity contribution is 0.356. The fourth-order valence-corrected chi connectivity index (χ4v) is 3.92. The molecule has 0 spiro atoms. The summed E-state index contributed by atoms with van der Waals surface area (Å²) in [5.74, 6) is 0.764. The van der Waals surface area contributed by atoms with Crippen molar-refractivity contribution in [1.82, 2.24) is 14.5 Å². The molecule has 1 atom stereocenters. The van der Waals surface area contributed by atoms with Gasteiger partial charge in [-0.25, -0.2) is 12.7 Å². The molecule has 2 aliphatic rings. The molecule has 1 N–H and O–H groups in total. The SMILES string of the molecule is CN1CCC(CN(C)S(=O)(=O)CCCNC2CC2)C1. The first-order valence-electron chi connectivity index (χ1n) is 7.33. The predicted octanol–water partition coefficient (Wildman–Crippen LogP) is 0.342. The van der Waals surface area contributed by atoms with E-state index < -0.39 is 10.0 Å². The molecule has 0 amide bonds. The fourth-order valence-electron chi connectivity index (χ4n) is 2.66. The molecule has 1 aliphatic carbocycles. The zero-order chi connectivity index (χ0) is 13.9. The van der Waals surface area contributed by atoms with Crippen LogP contribution in [-0.2, 0) is 10.0 Å². The number of nitrogens with one attached hydrogen (secondary N) is 1. The molecule has 2 fully saturated rings. The van der Waals surface area contributed by atoms with Gasteiger partial charge in [0.05, 0.1) is 5.75 Å². The van der Waals surface area contributed by atoms with Gasteiger partial charge in [0.15, 0.2) is 0 Å². The summed E-state index contributed by atoms with van der Waals surface area (Å²) in [5, 5.41) is 3.36. The second kappa shape index (κ2) is 6.52. The molecule has 1 saturated heterocycles. The lowest BCUT2D eigenvalue weighted by Gasteiger charge is -2.21. The fraction of sp³-hybridized carbons (Fsp3) is 1.00. The monoisotopic (exact) mass is 289 g/mol. The number of hydrogen-bond acceptors (Lipinski definition) is 4. The summed E-state index contributed by atoms with van der Waals surface area (Å²) in [4.78, 5) is 2.27. The van der Waals surface area contributed by atoms with Gasteiger partial charge >= 0.3 is 0 Å². The molecule has 0 aromatic rings. The van der Waals surface area contributed by atoms with Crippen LogP contribution in [0.3, 0.4) is 0 Å². The van der Waals surface area contributed by atoms with E-state index in [4.69, 9.17) is 0 Å². The number of rotatable bonds is 8. The van der Waals surface area contributed by atoms with E-state index in [9.17, 15) is 8.42 Å². The van der Waals surface area contributed by atoms with Crippen LogP contribution in [0.1, 0.15) is 25.7 Å². The number of hydrogen-bond donors (Lipinski definition) is 1. The molecule has 1 unspecified atom stereocenters. The first-order valence-corrected chi connectivity index (χ1v) is 8.94. The molecule has 0 radical (unpaired) electrons. The van der Waals surface area contributed by atoms with Crippen LogP contribution >= 0.6 is 0 Å². The zero-order valence-electron chi connectivity index (χ0n) is 12.1. The zero-order valence-corrected chi connectivity index (χ0v) is 13.0. The quantitative estimate of drug-likeness (QED) is 0.655. The summed E-state index contributed by atoms with van der Waals surface area (Å²) in [5.41, 5.74) is 0. The third-order valence-corrected chi connectivity index (χ3v) is 5.97. The maximum absolute atomic E-state index is 12.1. The number of nitrogens with zero attached hydrogens (tertiary/aromatic N) is 2. The maximum atomic E-state index is 12.1. The highest BCUT2D eigenvalue weighted by molar-refractivity contribution is 7.89. The highest BCUT2D eigenvalue weighted by atomic mass is 32.2. The molecular formula is C13H27N3O2S. The Morgan fingerprint density at radius 2 is 2.05 bits per heavy atom. The van der Waals surface area contributed by atoms with Crippen LogP contribution in [0.15, 0.2) is 0 Å². The minimum Gasteiger partial charge on any atom is -0.314 e. The summed E-state index contributed by atoms with van der Waals surface area (Å²) in [6, 6.07) is 0.662. The summed E-state index contributed by atoms with van der Waals surface area (Å²) < 4.78 is 25.9. The Morgan fingerprint density at radius 1 is 1.32 bits per heavy atom. The first kappa shape index (κ1) is 15.2. The predicted molar refractivity (Wildman–Crippen MR) is 77.7 cm³/mol. The van der Waals surface area contributed by atoms with Gasteiger partial charge in [-0.1, -0.05) is 0 Å². The van der Waals surface area contributed by atoms with E-state index in [2.05, 4.69) is 17.3 Å². The molecule has 0 aromatic carbocycles. The number of sulfonamides is 1. The second-order valence-electron chi connectivity index (χ2n) is 6.10. The van der Waals surface area contributed by atoms with Gasteiger partial charge in [0.1, 0.15) is 0 Å². The standard InChI is InChI=1S/C13H27N3O2S/c1-15-8-6-12(10-15)11-16(2)19(17,18)9-3-7-14-13-4-5-13/h12-14H,3-11H2,1-2H3. The van der Waals surface area contributed by atoms with Crippen molar-refractivity contribution in [3.8, 4) is 0 Å². The van der Waals surface area contributed by atoms with Crippen molar-refractivity contribution in [2.75, 3.05) is 46.0 Å². The van der Waals surface area contributed by atoms with Crippen molar-refractivity contribution in [3.63, 3.8) is 0 Å². The summed E-state index contributed by atoms with van der Waals surface area (Å²) >= 11 is 0. The third kappa shape index (κ3) is 5.02.